The van der Waals surface area contributed by atoms with Crippen LogP contribution >= 0.6 is 11.3 Å². The van der Waals surface area contributed by atoms with Crippen molar-refractivity contribution >= 4 is 33.4 Å². The number of pyridine rings is 1. The fourth-order valence-corrected chi connectivity index (χ4v) is 3.43. The highest BCUT2D eigenvalue weighted by Gasteiger charge is 2.18. The van der Waals surface area contributed by atoms with Gasteiger partial charge < -0.3 is 4.98 Å². The van der Waals surface area contributed by atoms with Crippen LogP contribution in [0, 0.1) is 0 Å². The summed E-state index contributed by atoms with van der Waals surface area (Å²) in [7, 11) is 0. The Morgan fingerprint density at radius 1 is 1.27 bits per heavy atom. The number of aromatic amines is 2. The number of fused-ring (bicyclic) bond motifs is 3. The van der Waals surface area contributed by atoms with Gasteiger partial charge in [-0.05, 0) is 17.5 Å². The van der Waals surface area contributed by atoms with E-state index in [0.29, 0.717) is 0 Å². The molecule has 0 saturated carbocycles. The summed E-state index contributed by atoms with van der Waals surface area (Å²) >= 11 is 1.63. The van der Waals surface area contributed by atoms with Crippen molar-refractivity contribution < 1.29 is 1.41 Å². The van der Waals surface area contributed by atoms with E-state index in [1.807, 2.05) is 34.3 Å². The third-order valence-corrected chi connectivity index (χ3v) is 4.51. The summed E-state index contributed by atoms with van der Waals surface area (Å²) in [6.07, 6.45) is 6.97. The quantitative estimate of drug-likeness (QED) is 0.525. The van der Waals surface area contributed by atoms with Crippen LogP contribution in [0.2, 0.25) is 1.41 Å². The van der Waals surface area contributed by atoms with Crippen molar-refractivity contribution in [2.45, 2.75) is 0 Å². The predicted molar refractivity (Wildman–Crippen MR) is 86.2 cm³/mol. The van der Waals surface area contributed by atoms with Gasteiger partial charge in [0, 0.05) is 17.8 Å². The highest BCUT2D eigenvalue weighted by molar-refractivity contribution is 7.13. The summed E-state index contributed by atoms with van der Waals surface area (Å²) in [4.78, 5) is 13.4. The molecule has 0 spiro atoms. The summed E-state index contributed by atoms with van der Waals surface area (Å²) in [6.45, 7) is 0. The highest BCUT2D eigenvalue weighted by atomic mass is 32.1. The SMILES string of the molecule is [2H]n1cc(-n2c(-c3cccs3)nc3cnc4[nH]ccc4c32)cn1. The lowest BCUT2D eigenvalue weighted by Gasteiger charge is -2.05. The van der Waals surface area contributed by atoms with Crippen LogP contribution in [0.5, 0.6) is 0 Å². The van der Waals surface area contributed by atoms with E-state index in [2.05, 4.69) is 15.1 Å². The average Bonchev–Trinajstić information content (AvgIpc) is 3.31. The fourth-order valence-electron chi connectivity index (χ4n) is 2.73. The molecule has 0 radical (unpaired) electrons. The van der Waals surface area contributed by atoms with Gasteiger partial charge in [-0.2, -0.15) is 5.10 Å². The van der Waals surface area contributed by atoms with Gasteiger partial charge in [0.1, 0.15) is 11.2 Å². The molecule has 0 unspecified atom stereocenters. The van der Waals surface area contributed by atoms with Crippen LogP contribution in [-0.4, -0.2) is 29.7 Å². The first-order valence-electron chi connectivity index (χ1n) is 7.19. The van der Waals surface area contributed by atoms with Gasteiger partial charge in [0.05, 0.1) is 28.5 Å². The highest BCUT2D eigenvalue weighted by Crippen LogP contribution is 2.33. The van der Waals surface area contributed by atoms with Crippen LogP contribution in [0.25, 0.3) is 38.5 Å². The van der Waals surface area contributed by atoms with Crippen LogP contribution in [0.4, 0.5) is 0 Å². The van der Waals surface area contributed by atoms with Crippen molar-refractivity contribution in [3.05, 3.63) is 48.4 Å². The van der Waals surface area contributed by atoms with E-state index >= 15 is 0 Å². The van der Waals surface area contributed by atoms with E-state index in [9.17, 15) is 0 Å². The van der Waals surface area contributed by atoms with Gasteiger partial charge >= 0.3 is 0 Å². The number of nitrogens with one attached hydrogen (secondary N) is 2. The molecule has 0 aliphatic heterocycles. The summed E-state index contributed by atoms with van der Waals surface area (Å²) in [5.74, 6) is 0.832. The third-order valence-electron chi connectivity index (χ3n) is 3.65. The molecule has 5 aromatic heterocycles. The molecule has 0 atom stereocenters. The largest absolute Gasteiger partial charge is 0.346 e. The topological polar surface area (TPSA) is 75.2 Å². The number of hydrogen-bond acceptors (Lipinski definition) is 4. The summed E-state index contributed by atoms with van der Waals surface area (Å²) in [5, 5.41) is 8.06. The molecule has 0 fully saturated rings. The summed E-state index contributed by atoms with van der Waals surface area (Å²) in [5.41, 5.74) is 3.40. The Kier molecular flexibility index (Phi) is 2.09. The zero-order chi connectivity index (χ0) is 15.4. The molecule has 0 amide bonds. The number of hydrogen-bond donors (Lipinski definition) is 2. The second kappa shape index (κ2) is 4.28. The van der Waals surface area contributed by atoms with Crippen molar-refractivity contribution in [1.29, 1.82) is 0 Å². The van der Waals surface area contributed by atoms with Crippen molar-refractivity contribution in [1.82, 2.24) is 29.7 Å². The molecule has 0 bridgehead atoms. The Labute approximate surface area is 129 Å². The third kappa shape index (κ3) is 1.51. The molecule has 22 heavy (non-hydrogen) atoms. The number of H-pyrrole nitrogens is 2. The van der Waals surface area contributed by atoms with Gasteiger partial charge in [-0.3, -0.25) is 9.66 Å². The molecule has 7 heteroatoms. The molecular formula is C15H10N6S. The number of imidazole rings is 1. The van der Waals surface area contributed by atoms with E-state index in [1.165, 1.54) is 0 Å². The predicted octanol–water partition coefficient (Wildman–Crippen LogP) is 3.35. The van der Waals surface area contributed by atoms with E-state index in [4.69, 9.17) is 6.40 Å². The minimum atomic E-state index is 0.805. The second-order valence-corrected chi connectivity index (χ2v) is 5.84. The van der Waals surface area contributed by atoms with E-state index in [0.717, 1.165) is 43.5 Å². The molecule has 6 nitrogen and oxygen atoms in total. The van der Waals surface area contributed by atoms with Gasteiger partial charge in [-0.1, -0.05) is 6.07 Å². The minimum Gasteiger partial charge on any atom is -0.346 e. The van der Waals surface area contributed by atoms with E-state index in [-0.39, 0.29) is 0 Å². The molecule has 2 N–H and O–H groups in total. The monoisotopic (exact) mass is 307 g/mol. The second-order valence-electron chi connectivity index (χ2n) is 4.89. The molecule has 0 aliphatic rings. The van der Waals surface area contributed by atoms with Crippen molar-refractivity contribution in [3.63, 3.8) is 0 Å². The molecule has 5 heterocycles. The first kappa shape index (κ1) is 10.7. The number of thiophene rings is 1. The van der Waals surface area contributed by atoms with Gasteiger partial charge in [0.15, 0.2) is 7.24 Å². The van der Waals surface area contributed by atoms with Gasteiger partial charge in [-0.15, -0.1) is 11.3 Å². The molecule has 0 aliphatic carbocycles. The van der Waals surface area contributed by atoms with Crippen LogP contribution < -0.4 is 0 Å². The molecule has 106 valence electrons. The number of rotatable bonds is 2. The zero-order valence-corrected chi connectivity index (χ0v) is 12.1. The van der Waals surface area contributed by atoms with Gasteiger partial charge in [0.25, 0.3) is 0 Å². The maximum atomic E-state index is 7.66. The molecule has 5 aromatic rings. The van der Waals surface area contributed by atoms with Crippen molar-refractivity contribution in [2.75, 3.05) is 0 Å². The maximum Gasteiger partial charge on any atom is 0.189 e. The lowest BCUT2D eigenvalue weighted by atomic mass is 10.3. The maximum absolute atomic E-state index is 7.66. The number of aromatic nitrogens is 6. The Bertz CT molecular complexity index is 1130. The van der Waals surface area contributed by atoms with Crippen LogP contribution in [0.15, 0.2) is 48.4 Å². The Morgan fingerprint density at radius 2 is 2.27 bits per heavy atom. The van der Waals surface area contributed by atoms with Crippen LogP contribution in [0.1, 0.15) is 0 Å². The van der Waals surface area contributed by atoms with Crippen molar-refractivity contribution in [3.8, 4) is 16.4 Å². The van der Waals surface area contributed by atoms with Crippen LogP contribution in [0.3, 0.4) is 0 Å². The van der Waals surface area contributed by atoms with Crippen LogP contribution in [-0.2, 0) is 0 Å². The van der Waals surface area contributed by atoms with E-state index < -0.39 is 0 Å². The fraction of sp³-hybridized carbons (Fsp3) is 0. The summed E-state index contributed by atoms with van der Waals surface area (Å²) in [6, 6.07) is 6.03. The Balaban J connectivity index is 1.97. The number of nitrogens with zero attached hydrogens (tertiary/aromatic N) is 4. The summed E-state index contributed by atoms with van der Waals surface area (Å²) < 4.78 is 9.70. The Morgan fingerprint density at radius 3 is 3.09 bits per heavy atom. The lowest BCUT2D eigenvalue weighted by Crippen LogP contribution is -1.95. The molecule has 0 aromatic carbocycles. The molecular weight excluding hydrogens is 296 g/mol. The van der Waals surface area contributed by atoms with Crippen molar-refractivity contribution in [2.24, 2.45) is 0 Å². The molecule has 0 saturated heterocycles. The Hall–Kier alpha value is -2.93. The smallest absolute Gasteiger partial charge is 0.189 e. The normalized spacial score (nSPS) is 12.3. The molecule has 5 rings (SSSR count). The zero-order valence-electron chi connectivity index (χ0n) is 12.3. The first-order chi connectivity index (χ1) is 11.3. The average molecular weight is 307 g/mol. The lowest BCUT2D eigenvalue weighted by molar-refractivity contribution is 1.09. The standard InChI is InChI=1S/C15H10N6S/c1-2-12(22-5-1)15-20-11-8-17-14-10(3-4-16-14)13(11)21(15)9-6-18-19-7-9/h1-8H,(H,16,17)(H,18,19)/i/hD. The minimum absolute atomic E-state index is 0.805. The van der Waals surface area contributed by atoms with Gasteiger partial charge in [0.2, 0.25) is 0 Å². The van der Waals surface area contributed by atoms with Gasteiger partial charge in [-0.25, -0.2) is 9.97 Å². The first-order valence-corrected chi connectivity index (χ1v) is 7.62. The van der Waals surface area contributed by atoms with E-state index in [1.54, 1.807) is 29.9 Å².